The van der Waals surface area contributed by atoms with Gasteiger partial charge in [0.1, 0.15) is 11.4 Å². The Labute approximate surface area is 246 Å². The number of nitrogens with one attached hydrogen (secondary N) is 3. The third-order valence-corrected chi connectivity index (χ3v) is 6.33. The maximum absolute atomic E-state index is 12.3. The van der Waals surface area contributed by atoms with Crippen LogP contribution < -0.4 is 10.6 Å². The fourth-order valence-electron chi connectivity index (χ4n) is 4.19. The molecule has 3 N–H and O–H groups in total. The maximum atomic E-state index is 12.3. The van der Waals surface area contributed by atoms with Crippen molar-refractivity contribution in [1.82, 2.24) is 20.2 Å². The maximum Gasteiger partial charge on any atom is 0.410 e. The standard InChI is InChI=1S/C31H40N6O5/c1-8-26(39)35-24-15-13-23(14-16-24)25-17-33-29(34-20(3)38)27(36-25)28(32)41-19(2)22-11-9-21(10-12-22)18-37(7)30(40)42-31(4,5)6/h9-13,17,24,32H,2,8,14-16,18H2,1,3-7H3,(H,35,39)(H,33,34,38). The van der Waals surface area contributed by atoms with Crippen LogP contribution in [-0.4, -0.2) is 57.4 Å². The van der Waals surface area contributed by atoms with Crippen molar-refractivity contribution < 1.29 is 23.9 Å². The summed E-state index contributed by atoms with van der Waals surface area (Å²) in [5.74, 6) is -0.347. The zero-order valence-corrected chi connectivity index (χ0v) is 25.2. The Kier molecular flexibility index (Phi) is 10.6. The van der Waals surface area contributed by atoms with Crippen molar-refractivity contribution in [1.29, 1.82) is 5.41 Å². The average molecular weight is 577 g/mol. The predicted octanol–water partition coefficient (Wildman–Crippen LogP) is 5.28. The lowest BCUT2D eigenvalue weighted by atomic mass is 9.93. The number of benzene rings is 1. The summed E-state index contributed by atoms with van der Waals surface area (Å²) in [6.45, 7) is 12.9. The normalized spacial score (nSPS) is 14.7. The molecule has 1 heterocycles. The summed E-state index contributed by atoms with van der Waals surface area (Å²) < 4.78 is 11.2. The molecule has 224 valence electrons. The third kappa shape index (κ3) is 9.25. The van der Waals surface area contributed by atoms with Crippen molar-refractivity contribution >= 4 is 41.0 Å². The number of carbonyl (C=O) groups is 3. The first kappa shape index (κ1) is 32.0. The van der Waals surface area contributed by atoms with Gasteiger partial charge in [-0.15, -0.1) is 0 Å². The van der Waals surface area contributed by atoms with E-state index in [1.54, 1.807) is 25.4 Å². The Morgan fingerprint density at radius 2 is 1.88 bits per heavy atom. The third-order valence-electron chi connectivity index (χ3n) is 6.33. The zero-order chi connectivity index (χ0) is 31.0. The fraction of sp³-hybridized carbons (Fsp3) is 0.419. The van der Waals surface area contributed by atoms with Gasteiger partial charge in [0.2, 0.25) is 17.7 Å². The number of carbonyl (C=O) groups excluding carboxylic acids is 3. The van der Waals surface area contributed by atoms with Gasteiger partial charge < -0.3 is 25.0 Å². The van der Waals surface area contributed by atoms with Gasteiger partial charge in [-0.05, 0) is 51.2 Å². The van der Waals surface area contributed by atoms with Crippen LogP contribution in [0, 0.1) is 5.41 Å². The first-order valence-corrected chi connectivity index (χ1v) is 13.9. The number of ether oxygens (including phenoxy) is 2. The van der Waals surface area contributed by atoms with E-state index in [0.717, 1.165) is 17.6 Å². The number of hydrogen-bond acceptors (Lipinski definition) is 8. The largest absolute Gasteiger partial charge is 0.444 e. The molecule has 0 bridgehead atoms. The van der Waals surface area contributed by atoms with E-state index in [0.29, 0.717) is 37.1 Å². The highest BCUT2D eigenvalue weighted by atomic mass is 16.6. The first-order valence-electron chi connectivity index (χ1n) is 13.9. The molecular weight excluding hydrogens is 536 g/mol. The van der Waals surface area contributed by atoms with E-state index in [4.69, 9.17) is 14.9 Å². The minimum atomic E-state index is -0.581. The van der Waals surface area contributed by atoms with Crippen LogP contribution in [0.15, 0.2) is 43.1 Å². The Morgan fingerprint density at radius 3 is 2.45 bits per heavy atom. The Bertz CT molecular complexity index is 1380. The molecule has 0 saturated carbocycles. The average Bonchev–Trinajstić information content (AvgIpc) is 2.92. The van der Waals surface area contributed by atoms with Gasteiger partial charge in [0.15, 0.2) is 11.5 Å². The number of nitrogens with zero attached hydrogens (tertiary/aromatic N) is 3. The van der Waals surface area contributed by atoms with E-state index < -0.39 is 11.7 Å². The Hall–Kier alpha value is -4.54. The molecule has 1 aliphatic carbocycles. The van der Waals surface area contributed by atoms with Crippen LogP contribution in [0.2, 0.25) is 0 Å². The van der Waals surface area contributed by atoms with Crippen LogP contribution in [0.4, 0.5) is 10.6 Å². The monoisotopic (exact) mass is 576 g/mol. The second-order valence-electron chi connectivity index (χ2n) is 11.1. The number of rotatable bonds is 9. The summed E-state index contributed by atoms with van der Waals surface area (Å²) in [6, 6.07) is 7.31. The fourth-order valence-corrected chi connectivity index (χ4v) is 4.19. The Balaban J connectivity index is 1.72. The van der Waals surface area contributed by atoms with Crippen molar-refractivity contribution in [2.24, 2.45) is 0 Å². The zero-order valence-electron chi connectivity index (χ0n) is 25.2. The number of aromatic nitrogens is 2. The number of hydrogen-bond donors (Lipinski definition) is 3. The minimum absolute atomic E-state index is 0.0205. The van der Waals surface area contributed by atoms with Gasteiger partial charge in [0.25, 0.3) is 0 Å². The van der Waals surface area contributed by atoms with E-state index in [-0.39, 0.29) is 41.0 Å². The highest BCUT2D eigenvalue weighted by Crippen LogP contribution is 2.28. The summed E-state index contributed by atoms with van der Waals surface area (Å²) >= 11 is 0. The van der Waals surface area contributed by atoms with Crippen LogP contribution in [0.25, 0.3) is 11.3 Å². The lowest BCUT2D eigenvalue weighted by molar-refractivity contribution is -0.121. The molecule has 3 amide bonds. The molecule has 1 aliphatic rings. The van der Waals surface area contributed by atoms with Crippen LogP contribution in [-0.2, 0) is 25.6 Å². The number of anilines is 1. The van der Waals surface area contributed by atoms with Crippen LogP contribution in [0.1, 0.15) is 82.8 Å². The first-order chi connectivity index (χ1) is 19.8. The van der Waals surface area contributed by atoms with Gasteiger partial charge in [-0.2, -0.15) is 0 Å². The molecule has 0 spiro atoms. The second-order valence-corrected chi connectivity index (χ2v) is 11.1. The molecule has 1 aromatic carbocycles. The topological polar surface area (TPSA) is 147 Å². The summed E-state index contributed by atoms with van der Waals surface area (Å²) in [7, 11) is 1.67. The summed E-state index contributed by atoms with van der Waals surface area (Å²) in [5, 5.41) is 14.2. The molecule has 0 aliphatic heterocycles. The Morgan fingerprint density at radius 1 is 1.19 bits per heavy atom. The smallest absolute Gasteiger partial charge is 0.410 e. The number of allylic oxidation sites excluding steroid dienone is 1. The predicted molar refractivity (Wildman–Crippen MR) is 161 cm³/mol. The molecule has 1 atom stereocenters. The van der Waals surface area contributed by atoms with Gasteiger partial charge in [-0.3, -0.25) is 15.0 Å². The van der Waals surface area contributed by atoms with E-state index >= 15 is 0 Å². The van der Waals surface area contributed by atoms with Crippen LogP contribution >= 0.6 is 0 Å². The lowest BCUT2D eigenvalue weighted by Gasteiger charge is -2.24. The van der Waals surface area contributed by atoms with Crippen molar-refractivity contribution in [3.63, 3.8) is 0 Å². The minimum Gasteiger partial charge on any atom is -0.444 e. The van der Waals surface area contributed by atoms with Crippen LogP contribution in [0.5, 0.6) is 0 Å². The molecule has 0 fully saturated rings. The molecule has 0 radical (unpaired) electrons. The van der Waals surface area contributed by atoms with Crippen molar-refractivity contribution in [3.8, 4) is 0 Å². The molecule has 1 unspecified atom stereocenters. The van der Waals surface area contributed by atoms with E-state index in [2.05, 4.69) is 27.2 Å². The molecular formula is C31H40N6O5. The van der Waals surface area contributed by atoms with Gasteiger partial charge in [-0.25, -0.2) is 14.8 Å². The molecule has 1 aromatic heterocycles. The highest BCUT2D eigenvalue weighted by Gasteiger charge is 2.22. The molecule has 42 heavy (non-hydrogen) atoms. The summed E-state index contributed by atoms with van der Waals surface area (Å²) in [6.07, 6.45) is 5.70. The van der Waals surface area contributed by atoms with Gasteiger partial charge in [-0.1, -0.05) is 43.8 Å². The van der Waals surface area contributed by atoms with Gasteiger partial charge in [0.05, 0.1) is 11.9 Å². The SMILES string of the molecule is C=C(OC(=N)c1nc(C2=CCC(NC(=O)CC)CC2)cnc1NC(C)=O)c1ccc(CN(C)C(=O)OC(C)(C)C)cc1. The lowest BCUT2D eigenvalue weighted by Crippen LogP contribution is -2.35. The molecule has 0 saturated heterocycles. The van der Waals surface area contributed by atoms with E-state index in [1.165, 1.54) is 11.8 Å². The second kappa shape index (κ2) is 13.9. The van der Waals surface area contributed by atoms with E-state index in [9.17, 15) is 14.4 Å². The quantitative estimate of drug-likeness (QED) is 0.209. The van der Waals surface area contributed by atoms with Crippen molar-refractivity contribution in [3.05, 3.63) is 65.6 Å². The van der Waals surface area contributed by atoms with Crippen molar-refractivity contribution in [2.45, 2.75) is 78.5 Å². The molecule has 3 rings (SSSR count). The number of amides is 3. The van der Waals surface area contributed by atoms with Gasteiger partial charge in [0, 0.05) is 38.5 Å². The summed E-state index contributed by atoms with van der Waals surface area (Å²) in [5.41, 5.74) is 2.50. The van der Waals surface area contributed by atoms with Crippen molar-refractivity contribution in [2.75, 3.05) is 12.4 Å². The highest BCUT2D eigenvalue weighted by molar-refractivity contribution is 6.01. The van der Waals surface area contributed by atoms with E-state index in [1.807, 2.05) is 45.9 Å². The van der Waals surface area contributed by atoms with Crippen LogP contribution in [0.3, 0.4) is 0 Å². The molecule has 2 aromatic rings. The molecule has 11 nitrogen and oxygen atoms in total. The summed E-state index contributed by atoms with van der Waals surface area (Å²) in [4.78, 5) is 46.3. The molecule has 11 heteroatoms. The van der Waals surface area contributed by atoms with Gasteiger partial charge >= 0.3 is 6.09 Å².